The fourth-order valence-electron chi connectivity index (χ4n) is 8.65. The number of nitrogen functional groups attached to an aromatic ring is 1. The lowest BCUT2D eigenvalue weighted by molar-refractivity contribution is -0.122. The van der Waals surface area contributed by atoms with Gasteiger partial charge in [-0.15, -0.1) is 5.10 Å². The zero-order valence-corrected chi connectivity index (χ0v) is 51.3. The van der Waals surface area contributed by atoms with E-state index in [4.69, 9.17) is 58.2 Å². The minimum atomic E-state index is -5.70. The summed E-state index contributed by atoms with van der Waals surface area (Å²) in [6, 6.07) is 15.6. The summed E-state index contributed by atoms with van der Waals surface area (Å²) in [4.78, 5) is 93.4. The number of nitrogens with one attached hydrogen (secondary N) is 2. The number of fused-ring (bicyclic) bond motifs is 5. The van der Waals surface area contributed by atoms with Crippen molar-refractivity contribution in [3.63, 3.8) is 0 Å². The molecule has 3 amide bonds. The Morgan fingerprint density at radius 2 is 1.32 bits per heavy atom. The molecule has 88 heavy (non-hydrogen) atoms. The van der Waals surface area contributed by atoms with Gasteiger partial charge in [0.1, 0.15) is 17.7 Å². The highest BCUT2D eigenvalue weighted by atomic mass is 31.3. The predicted molar refractivity (Wildman–Crippen MR) is 312 cm³/mol. The molecule has 6 rings (SSSR count). The lowest BCUT2D eigenvalue weighted by Gasteiger charge is -2.28. The minimum Gasteiger partial charge on any atom is -0.382 e. The van der Waals surface area contributed by atoms with Crippen molar-refractivity contribution < 1.29 is 103 Å². The normalized spacial score (nSPS) is 16.0. The molecular weight excluding hydrogens is 1220 g/mol. The van der Waals surface area contributed by atoms with Crippen LogP contribution in [0.2, 0.25) is 0 Å². The number of hydrogen-bond donors (Lipinski definition) is 7. The van der Waals surface area contributed by atoms with Gasteiger partial charge in [-0.05, 0) is 37.3 Å². The van der Waals surface area contributed by atoms with Gasteiger partial charge in [0.05, 0.1) is 148 Å². The molecular formula is C53H76N9O23P3. The molecule has 4 atom stereocenters. The molecule has 1 saturated heterocycles. The van der Waals surface area contributed by atoms with Gasteiger partial charge < -0.3 is 83.5 Å². The Hall–Kier alpha value is -5.72. The van der Waals surface area contributed by atoms with E-state index >= 15 is 0 Å². The van der Waals surface area contributed by atoms with Crippen molar-refractivity contribution in [1.29, 1.82) is 0 Å². The zero-order chi connectivity index (χ0) is 63.2. The number of benzene rings is 2. The summed E-state index contributed by atoms with van der Waals surface area (Å²) in [5.74, 6) is 4.76. The van der Waals surface area contributed by atoms with E-state index in [1.165, 1.54) is 6.20 Å². The van der Waals surface area contributed by atoms with Crippen molar-refractivity contribution in [2.45, 2.75) is 70.4 Å². The molecule has 0 aliphatic carbocycles. The van der Waals surface area contributed by atoms with Crippen LogP contribution in [-0.4, -0.2) is 194 Å². The van der Waals surface area contributed by atoms with E-state index in [1.54, 1.807) is 12.0 Å². The van der Waals surface area contributed by atoms with Gasteiger partial charge in [-0.1, -0.05) is 59.5 Å². The van der Waals surface area contributed by atoms with Crippen LogP contribution in [-0.2, 0) is 96.9 Å². The summed E-state index contributed by atoms with van der Waals surface area (Å²) in [6.45, 7) is 5.84. The van der Waals surface area contributed by atoms with Crippen LogP contribution in [0.25, 0.3) is 22.5 Å². The minimum absolute atomic E-state index is 0.0423. The largest absolute Gasteiger partial charge is 0.490 e. The molecule has 0 bridgehead atoms. The number of rotatable bonds is 41. The van der Waals surface area contributed by atoms with E-state index in [1.807, 2.05) is 53.2 Å². The zero-order valence-electron chi connectivity index (χ0n) is 48.6. The number of carbonyl (C=O) groups excluding carboxylic acids is 3. The Morgan fingerprint density at radius 1 is 0.716 bits per heavy atom. The van der Waals surface area contributed by atoms with E-state index in [2.05, 4.69) is 50.9 Å². The number of unbranched alkanes of at least 4 members (excludes halogenated alkanes) is 1. The molecule has 35 heteroatoms. The van der Waals surface area contributed by atoms with Gasteiger partial charge in [-0.3, -0.25) is 23.5 Å². The number of anilines is 2. The standard InChI is InChI=1S/C53H76N9O23P3/c1-74-25-26-78-33-34-80-31-28-76-23-20-56-46(63)14-6-7-15-48(65)60-37-40-9-2-3-11-43(40)51-50(44-12-4-5-13-45(44)60)58-59-62(51)21-24-77-29-32-81-36-35-79-30-27-75-22-18-47(64)55-19-8-10-41-38-61(53(66)57-52(41)54)49-17-16-42(83-49)39-82-87(70,71)85-88(72,73)84-86(67,68)69/h2-5,9,11-13,38,42,49H,6-7,14-37,39H2,1H3,(H,55,64)(H,56,63)(H,70,71)(H,72,73)(H2,54,57,66)(H2,67,68,69)/t42-,49+/m0/s1. The second kappa shape index (κ2) is 37.4. The SMILES string of the molecule is COCCOCCOCCOCCNC(=O)CCCCC(=O)N1Cc2ccccc2-c2c(nnn2CCOCCOCCOCCOCCC(=O)NCC#Cc2cn([C@H]3CC[C@@H](COP(=O)(O)OP(=O)(O)OP(=O)(O)O)O3)c(=O)nc2N)-c2ccccc21. The second-order valence-electron chi connectivity index (χ2n) is 19.2. The van der Waals surface area contributed by atoms with Crippen LogP contribution in [0.5, 0.6) is 0 Å². The van der Waals surface area contributed by atoms with Crippen molar-refractivity contribution in [3.05, 3.63) is 76.3 Å². The first-order valence-electron chi connectivity index (χ1n) is 28.1. The van der Waals surface area contributed by atoms with Crippen molar-refractivity contribution >= 4 is 52.7 Å². The van der Waals surface area contributed by atoms with Crippen molar-refractivity contribution in [2.24, 2.45) is 0 Å². The van der Waals surface area contributed by atoms with Crippen LogP contribution in [0.3, 0.4) is 0 Å². The summed E-state index contributed by atoms with van der Waals surface area (Å²) in [5.41, 5.74) is 10.0. The highest BCUT2D eigenvalue weighted by Crippen LogP contribution is 2.66. The van der Waals surface area contributed by atoms with Crippen LogP contribution >= 0.6 is 23.5 Å². The van der Waals surface area contributed by atoms with Gasteiger partial charge in [-0.2, -0.15) is 13.6 Å². The average Bonchev–Trinajstić information content (AvgIpc) is 1.57. The maximum Gasteiger partial charge on any atom is 0.490 e. The number of methoxy groups -OCH3 is 1. The van der Waals surface area contributed by atoms with Crippen molar-refractivity contribution in [3.8, 4) is 34.4 Å². The highest BCUT2D eigenvalue weighted by Gasteiger charge is 2.42. The molecule has 4 aromatic rings. The number of para-hydroxylation sites is 1. The molecule has 8 N–H and O–H groups in total. The van der Waals surface area contributed by atoms with Gasteiger partial charge in [0, 0.05) is 50.2 Å². The maximum absolute atomic E-state index is 14.0. The number of carbonyl (C=O) groups is 3. The van der Waals surface area contributed by atoms with Crippen molar-refractivity contribution in [2.75, 3.05) is 137 Å². The van der Waals surface area contributed by atoms with Gasteiger partial charge >= 0.3 is 29.2 Å². The third kappa shape index (κ3) is 25.3. The molecule has 0 saturated carbocycles. The number of nitrogens with two attached hydrogens (primary N) is 1. The summed E-state index contributed by atoms with van der Waals surface area (Å²) in [7, 11) is -15.0. The van der Waals surface area contributed by atoms with Gasteiger partial charge in [0.25, 0.3) is 0 Å². The van der Waals surface area contributed by atoms with E-state index in [-0.39, 0.29) is 81.2 Å². The lowest BCUT2D eigenvalue weighted by Crippen LogP contribution is -2.32. The van der Waals surface area contributed by atoms with Crippen LogP contribution < -0.4 is 27.0 Å². The Labute approximate surface area is 507 Å². The fourth-order valence-corrected chi connectivity index (χ4v) is 11.7. The number of phosphoric ester groups is 1. The highest BCUT2D eigenvalue weighted by molar-refractivity contribution is 7.66. The third-order valence-electron chi connectivity index (χ3n) is 12.7. The smallest absolute Gasteiger partial charge is 0.382 e. The first-order chi connectivity index (χ1) is 42.3. The molecule has 0 spiro atoms. The summed E-state index contributed by atoms with van der Waals surface area (Å²) < 4.78 is 99.0. The molecule has 4 heterocycles. The van der Waals surface area contributed by atoms with Gasteiger partial charge in [0.2, 0.25) is 17.7 Å². The monoisotopic (exact) mass is 1300 g/mol. The first kappa shape index (κ1) is 71.4. The van der Waals surface area contributed by atoms with E-state index < -0.39 is 48.1 Å². The number of amides is 3. The van der Waals surface area contributed by atoms with Crippen LogP contribution in [0.15, 0.2) is 59.5 Å². The van der Waals surface area contributed by atoms with E-state index in [9.17, 15) is 42.7 Å². The Morgan fingerprint density at radius 3 is 2.00 bits per heavy atom. The Kier molecular flexibility index (Phi) is 30.4. The average molecular weight is 1300 g/mol. The van der Waals surface area contributed by atoms with Gasteiger partial charge in [0.15, 0.2) is 0 Å². The van der Waals surface area contributed by atoms with Crippen LogP contribution in [0, 0.1) is 11.8 Å². The summed E-state index contributed by atoms with van der Waals surface area (Å²) in [5, 5.41) is 14.7. The van der Waals surface area contributed by atoms with Gasteiger partial charge in [-0.25, -0.2) is 23.2 Å². The molecule has 2 aliphatic heterocycles. The summed E-state index contributed by atoms with van der Waals surface area (Å²) >= 11 is 0. The lowest BCUT2D eigenvalue weighted by atomic mass is 9.95. The molecule has 486 valence electrons. The van der Waals surface area contributed by atoms with Crippen LogP contribution in [0.4, 0.5) is 11.5 Å². The van der Waals surface area contributed by atoms with Crippen LogP contribution in [0.1, 0.15) is 62.3 Å². The first-order valence-corrected chi connectivity index (χ1v) is 32.6. The van der Waals surface area contributed by atoms with E-state index in [0.29, 0.717) is 124 Å². The number of aromatic nitrogens is 5. The Bertz CT molecular complexity index is 3140. The molecule has 2 aromatic carbocycles. The molecule has 2 aromatic heterocycles. The number of hydrogen-bond acceptors (Lipinski definition) is 23. The van der Waals surface area contributed by atoms with E-state index in [0.717, 1.165) is 32.6 Å². The fraction of sp³-hybridized carbons (Fsp3) is 0.566. The molecule has 2 unspecified atom stereocenters. The maximum atomic E-state index is 14.0. The predicted octanol–water partition coefficient (Wildman–Crippen LogP) is 2.62. The number of phosphoric acid groups is 3. The number of ether oxygens (including phenoxy) is 9. The summed E-state index contributed by atoms with van der Waals surface area (Å²) in [6.07, 6.45) is 1.42. The molecule has 0 radical (unpaired) electrons. The molecule has 2 aliphatic rings. The Balaban J connectivity index is 0.806. The van der Waals surface area contributed by atoms with Crippen molar-refractivity contribution in [1.82, 2.24) is 35.2 Å². The third-order valence-corrected chi connectivity index (χ3v) is 16.5. The molecule has 1 fully saturated rings. The quantitative estimate of drug-likeness (QED) is 0.0191. The second-order valence-corrected chi connectivity index (χ2v) is 23.7. The number of nitrogens with zero attached hydrogens (tertiary/aromatic N) is 6. The topological polar surface area (TPSA) is 413 Å². The molecule has 32 nitrogen and oxygen atoms in total.